The van der Waals surface area contributed by atoms with E-state index in [0.717, 1.165) is 11.1 Å². The summed E-state index contributed by atoms with van der Waals surface area (Å²) in [5.74, 6) is 0.185. The van der Waals surface area contributed by atoms with E-state index in [-0.39, 0.29) is 11.0 Å². The summed E-state index contributed by atoms with van der Waals surface area (Å²) in [5, 5.41) is 0. The summed E-state index contributed by atoms with van der Waals surface area (Å²) in [6, 6.07) is 14.9. The van der Waals surface area contributed by atoms with Crippen molar-refractivity contribution in [1.82, 2.24) is 4.57 Å². The van der Waals surface area contributed by atoms with Crippen LogP contribution >= 0.6 is 11.3 Å². The van der Waals surface area contributed by atoms with Gasteiger partial charge in [-0.3, -0.25) is 9.36 Å². The van der Waals surface area contributed by atoms with Crippen molar-refractivity contribution < 1.29 is 14.3 Å². The molecule has 0 amide bonds. The molecular formula is C27H28N2O4S. The quantitative estimate of drug-likeness (QED) is 0.539. The number of hydrogen-bond donors (Lipinski definition) is 0. The molecule has 7 heteroatoms. The van der Waals surface area contributed by atoms with Crippen molar-refractivity contribution in [1.29, 1.82) is 0 Å². The van der Waals surface area contributed by atoms with Gasteiger partial charge in [-0.15, -0.1) is 0 Å². The Morgan fingerprint density at radius 2 is 1.71 bits per heavy atom. The fourth-order valence-corrected chi connectivity index (χ4v) is 5.07. The molecule has 176 valence electrons. The fourth-order valence-electron chi connectivity index (χ4n) is 4.02. The summed E-state index contributed by atoms with van der Waals surface area (Å²) in [5.41, 5.74) is 3.68. The van der Waals surface area contributed by atoms with Crippen LogP contribution in [-0.2, 0) is 14.9 Å². The number of methoxy groups -OCH3 is 2. The van der Waals surface area contributed by atoms with E-state index < -0.39 is 12.0 Å². The minimum absolute atomic E-state index is 0.0536. The maximum Gasteiger partial charge on any atom is 0.338 e. The predicted molar refractivity (Wildman–Crippen MR) is 134 cm³/mol. The van der Waals surface area contributed by atoms with Crippen LogP contribution in [0.4, 0.5) is 0 Å². The largest absolute Gasteiger partial charge is 0.497 e. The summed E-state index contributed by atoms with van der Waals surface area (Å²) >= 11 is 1.31. The monoisotopic (exact) mass is 476 g/mol. The standard InChI is InChI=1S/C27H28N2O4S/c1-16-22(25(31)33-6)23(18-9-13-20(32-5)14-10-18)29-24(30)21(34-26(29)28-16)15-17-7-11-19(12-8-17)27(2,3)4/h7-15,23H,1-6H3/b21-15-. The maximum atomic E-state index is 13.6. The number of aromatic nitrogens is 1. The van der Waals surface area contributed by atoms with Gasteiger partial charge < -0.3 is 9.47 Å². The molecule has 0 saturated heterocycles. The van der Waals surface area contributed by atoms with E-state index in [1.54, 1.807) is 18.6 Å². The van der Waals surface area contributed by atoms with Crippen molar-refractivity contribution in [2.45, 2.75) is 39.2 Å². The second-order valence-corrected chi connectivity index (χ2v) is 10.2. The van der Waals surface area contributed by atoms with Crippen LogP contribution in [0.2, 0.25) is 0 Å². The normalized spacial score (nSPS) is 16.2. The van der Waals surface area contributed by atoms with Gasteiger partial charge in [-0.2, -0.15) is 0 Å². The average Bonchev–Trinajstić information content (AvgIpc) is 3.12. The molecule has 0 bridgehead atoms. The number of benzene rings is 2. The molecule has 0 aliphatic carbocycles. The Kier molecular flexibility index (Phi) is 6.32. The van der Waals surface area contributed by atoms with Crippen molar-refractivity contribution >= 4 is 23.4 Å². The fraction of sp³-hybridized carbons (Fsp3) is 0.296. The number of ether oxygens (including phenoxy) is 2. The lowest BCUT2D eigenvalue weighted by Gasteiger charge is -2.24. The molecule has 0 radical (unpaired) electrons. The number of thiazole rings is 1. The van der Waals surface area contributed by atoms with Crippen molar-refractivity contribution in [2.24, 2.45) is 4.99 Å². The number of carbonyl (C=O) groups is 1. The number of fused-ring (bicyclic) bond motifs is 1. The predicted octanol–water partition coefficient (Wildman–Crippen LogP) is 3.71. The van der Waals surface area contributed by atoms with Gasteiger partial charge in [0.1, 0.15) is 5.75 Å². The molecule has 34 heavy (non-hydrogen) atoms. The number of hydrogen-bond acceptors (Lipinski definition) is 6. The van der Waals surface area contributed by atoms with Crippen LogP contribution in [0.15, 0.2) is 69.6 Å². The van der Waals surface area contributed by atoms with Gasteiger partial charge in [0.25, 0.3) is 5.56 Å². The molecule has 0 N–H and O–H groups in total. The summed E-state index contributed by atoms with van der Waals surface area (Å²) in [4.78, 5) is 31.5. The highest BCUT2D eigenvalue weighted by Crippen LogP contribution is 2.31. The van der Waals surface area contributed by atoms with Crippen molar-refractivity contribution in [3.63, 3.8) is 0 Å². The van der Waals surface area contributed by atoms with Gasteiger partial charge in [-0.25, -0.2) is 9.79 Å². The molecule has 1 unspecified atom stereocenters. The molecule has 2 heterocycles. The van der Waals surface area contributed by atoms with Gasteiger partial charge >= 0.3 is 5.97 Å². The molecule has 0 fully saturated rings. The Morgan fingerprint density at radius 3 is 2.26 bits per heavy atom. The van der Waals surface area contributed by atoms with Crippen molar-refractivity contribution in [3.05, 3.63) is 96.2 Å². The Labute approximate surface area is 202 Å². The number of carbonyl (C=O) groups excluding carboxylic acids is 1. The molecule has 1 atom stereocenters. The molecule has 3 aromatic rings. The maximum absolute atomic E-state index is 13.6. The van der Waals surface area contributed by atoms with Crippen LogP contribution in [0.1, 0.15) is 50.4 Å². The average molecular weight is 477 g/mol. The minimum atomic E-state index is -0.639. The third kappa shape index (κ3) is 4.35. The Balaban J connectivity index is 1.88. The Bertz CT molecular complexity index is 1440. The third-order valence-electron chi connectivity index (χ3n) is 5.93. The van der Waals surface area contributed by atoms with E-state index in [0.29, 0.717) is 26.4 Å². The van der Waals surface area contributed by atoms with E-state index in [9.17, 15) is 9.59 Å². The van der Waals surface area contributed by atoms with Gasteiger partial charge in [-0.1, -0.05) is 68.5 Å². The Hall–Kier alpha value is -3.45. The van der Waals surface area contributed by atoms with Crippen LogP contribution in [0.3, 0.4) is 0 Å². The molecule has 4 rings (SSSR count). The zero-order chi connectivity index (χ0) is 24.6. The second kappa shape index (κ2) is 9.06. The first-order chi connectivity index (χ1) is 16.1. The lowest BCUT2D eigenvalue weighted by Crippen LogP contribution is -2.39. The van der Waals surface area contributed by atoms with E-state index in [1.807, 2.05) is 42.5 Å². The lowest BCUT2D eigenvalue weighted by atomic mass is 9.87. The number of allylic oxidation sites excluding steroid dienone is 1. The molecular weight excluding hydrogens is 448 g/mol. The van der Waals surface area contributed by atoms with Gasteiger partial charge in [0.15, 0.2) is 4.80 Å². The summed E-state index contributed by atoms with van der Waals surface area (Å²) in [7, 11) is 2.93. The zero-order valence-electron chi connectivity index (χ0n) is 20.2. The van der Waals surface area contributed by atoms with Crippen LogP contribution in [0.25, 0.3) is 6.08 Å². The smallest absolute Gasteiger partial charge is 0.338 e. The topological polar surface area (TPSA) is 69.9 Å². The summed E-state index contributed by atoms with van der Waals surface area (Å²) in [6.07, 6.45) is 1.87. The molecule has 1 aliphatic rings. The van der Waals surface area contributed by atoms with E-state index in [2.05, 4.69) is 37.9 Å². The van der Waals surface area contributed by atoms with Gasteiger partial charge in [0.05, 0.1) is 36.1 Å². The van der Waals surface area contributed by atoms with Crippen molar-refractivity contribution in [2.75, 3.05) is 14.2 Å². The molecule has 0 saturated carbocycles. The number of esters is 1. The van der Waals surface area contributed by atoms with E-state index >= 15 is 0 Å². The lowest BCUT2D eigenvalue weighted by molar-refractivity contribution is -0.136. The zero-order valence-corrected chi connectivity index (χ0v) is 21.0. The molecule has 1 aromatic heterocycles. The van der Waals surface area contributed by atoms with E-state index in [1.165, 1.54) is 24.0 Å². The minimum Gasteiger partial charge on any atom is -0.497 e. The van der Waals surface area contributed by atoms with Crippen LogP contribution in [-0.4, -0.2) is 24.8 Å². The number of nitrogens with zero attached hydrogens (tertiary/aromatic N) is 2. The van der Waals surface area contributed by atoms with E-state index in [4.69, 9.17) is 9.47 Å². The van der Waals surface area contributed by atoms with Crippen LogP contribution in [0.5, 0.6) is 5.75 Å². The summed E-state index contributed by atoms with van der Waals surface area (Å²) < 4.78 is 12.5. The second-order valence-electron chi connectivity index (χ2n) is 9.22. The molecule has 2 aromatic carbocycles. The molecule has 6 nitrogen and oxygen atoms in total. The number of rotatable bonds is 4. The van der Waals surface area contributed by atoms with Crippen molar-refractivity contribution in [3.8, 4) is 5.75 Å². The Morgan fingerprint density at radius 1 is 1.06 bits per heavy atom. The highest BCUT2D eigenvalue weighted by molar-refractivity contribution is 7.07. The summed E-state index contributed by atoms with van der Waals surface area (Å²) in [6.45, 7) is 8.27. The van der Waals surface area contributed by atoms with Crippen LogP contribution in [0, 0.1) is 0 Å². The van der Waals surface area contributed by atoms with Crippen LogP contribution < -0.4 is 19.6 Å². The SMILES string of the molecule is COC(=O)C1=C(C)N=c2s/c(=C\c3ccc(C(C)(C)C)cc3)c(=O)n2C1c1ccc(OC)cc1. The highest BCUT2D eigenvalue weighted by atomic mass is 32.1. The first-order valence-electron chi connectivity index (χ1n) is 11.0. The third-order valence-corrected chi connectivity index (χ3v) is 6.92. The highest BCUT2D eigenvalue weighted by Gasteiger charge is 2.33. The van der Waals surface area contributed by atoms with Gasteiger partial charge in [0, 0.05) is 0 Å². The molecule has 0 spiro atoms. The molecule has 1 aliphatic heterocycles. The first kappa shape index (κ1) is 23.7. The van der Waals surface area contributed by atoms with Gasteiger partial charge in [0.2, 0.25) is 0 Å². The first-order valence-corrected chi connectivity index (χ1v) is 11.8. The van der Waals surface area contributed by atoms with Gasteiger partial charge in [-0.05, 0) is 47.2 Å².